The summed E-state index contributed by atoms with van der Waals surface area (Å²) in [5, 5.41) is 0. The molecule has 2 fully saturated rings. The Bertz CT molecular complexity index is 1000. The van der Waals surface area contributed by atoms with Crippen LogP contribution >= 0.6 is 0 Å². The number of aromatic nitrogens is 2. The van der Waals surface area contributed by atoms with Crippen LogP contribution in [0.2, 0.25) is 0 Å². The zero-order valence-electron chi connectivity index (χ0n) is 16.2. The summed E-state index contributed by atoms with van der Waals surface area (Å²) in [6, 6.07) is 4.41. The number of anilines is 2. The molecular formula is C19H23F2N5O2S. The van der Waals surface area contributed by atoms with Crippen LogP contribution in [-0.2, 0) is 10.0 Å². The molecule has 1 aromatic carbocycles. The van der Waals surface area contributed by atoms with Crippen LogP contribution in [0.25, 0.3) is 0 Å². The van der Waals surface area contributed by atoms with E-state index in [1.54, 1.807) is 0 Å². The van der Waals surface area contributed by atoms with Crippen LogP contribution in [0, 0.1) is 18.6 Å². The van der Waals surface area contributed by atoms with Crippen molar-refractivity contribution in [2.24, 2.45) is 0 Å². The molecule has 2 aromatic rings. The van der Waals surface area contributed by atoms with Gasteiger partial charge in [0.1, 0.15) is 22.3 Å². The highest BCUT2D eigenvalue weighted by molar-refractivity contribution is 7.89. The molecule has 2 aliphatic rings. The SMILES string of the molecule is Cc1cc(N2CCN(S(=O)(=O)c3ccc(F)cc3F)CC2)nc(N2CCCC2)n1. The van der Waals surface area contributed by atoms with Crippen LogP contribution in [-0.4, -0.2) is 62.0 Å². The molecule has 0 spiro atoms. The molecule has 0 aliphatic carbocycles. The first-order chi connectivity index (χ1) is 13.8. The Balaban J connectivity index is 1.49. The van der Waals surface area contributed by atoms with E-state index in [1.807, 2.05) is 17.9 Å². The van der Waals surface area contributed by atoms with Gasteiger partial charge in [-0.05, 0) is 31.9 Å². The van der Waals surface area contributed by atoms with Crippen molar-refractivity contribution in [2.75, 3.05) is 49.1 Å². The maximum Gasteiger partial charge on any atom is 0.246 e. The number of benzene rings is 1. The van der Waals surface area contributed by atoms with Crippen LogP contribution in [0.5, 0.6) is 0 Å². The van der Waals surface area contributed by atoms with Gasteiger partial charge in [0.25, 0.3) is 0 Å². The fraction of sp³-hybridized carbons (Fsp3) is 0.474. The molecular weight excluding hydrogens is 400 g/mol. The first-order valence-electron chi connectivity index (χ1n) is 9.65. The molecule has 1 aromatic heterocycles. The van der Waals surface area contributed by atoms with Crippen LogP contribution in [0.1, 0.15) is 18.5 Å². The number of piperazine rings is 1. The van der Waals surface area contributed by atoms with Crippen molar-refractivity contribution in [1.29, 1.82) is 0 Å². The molecule has 3 heterocycles. The van der Waals surface area contributed by atoms with Gasteiger partial charge in [0, 0.05) is 57.1 Å². The predicted molar refractivity (Wildman–Crippen MR) is 106 cm³/mol. The number of hydrogen-bond acceptors (Lipinski definition) is 6. The second-order valence-electron chi connectivity index (χ2n) is 7.33. The number of sulfonamides is 1. The molecule has 0 N–H and O–H groups in total. The van der Waals surface area contributed by atoms with Crippen LogP contribution in [0.4, 0.5) is 20.5 Å². The number of aryl methyl sites for hydroxylation is 1. The zero-order valence-corrected chi connectivity index (χ0v) is 17.0. The molecule has 156 valence electrons. The van der Waals surface area contributed by atoms with Gasteiger partial charge in [-0.1, -0.05) is 0 Å². The molecule has 0 amide bonds. The minimum absolute atomic E-state index is 0.196. The second-order valence-corrected chi connectivity index (χ2v) is 9.23. The van der Waals surface area contributed by atoms with E-state index in [0.29, 0.717) is 25.1 Å². The van der Waals surface area contributed by atoms with Crippen LogP contribution < -0.4 is 9.80 Å². The van der Waals surface area contributed by atoms with E-state index in [0.717, 1.165) is 49.6 Å². The molecule has 29 heavy (non-hydrogen) atoms. The van der Waals surface area contributed by atoms with E-state index in [1.165, 1.54) is 4.31 Å². The average molecular weight is 423 g/mol. The summed E-state index contributed by atoms with van der Waals surface area (Å²) < 4.78 is 53.9. The van der Waals surface area contributed by atoms with Crippen molar-refractivity contribution in [1.82, 2.24) is 14.3 Å². The fourth-order valence-corrected chi connectivity index (χ4v) is 5.21. The summed E-state index contributed by atoms with van der Waals surface area (Å²) in [5.74, 6) is -0.404. The predicted octanol–water partition coefficient (Wildman–Crippen LogP) is 2.17. The van der Waals surface area contributed by atoms with E-state index >= 15 is 0 Å². The van der Waals surface area contributed by atoms with Gasteiger partial charge < -0.3 is 9.80 Å². The average Bonchev–Trinajstić information content (AvgIpc) is 3.22. The smallest absolute Gasteiger partial charge is 0.246 e. The largest absolute Gasteiger partial charge is 0.354 e. The Hall–Kier alpha value is -2.33. The third-order valence-corrected chi connectivity index (χ3v) is 7.22. The quantitative estimate of drug-likeness (QED) is 0.751. The van der Waals surface area contributed by atoms with Gasteiger partial charge in [0.15, 0.2) is 0 Å². The maximum atomic E-state index is 14.0. The monoisotopic (exact) mass is 423 g/mol. The molecule has 0 atom stereocenters. The van der Waals surface area contributed by atoms with E-state index in [4.69, 9.17) is 0 Å². The van der Waals surface area contributed by atoms with Crippen LogP contribution in [0.3, 0.4) is 0 Å². The lowest BCUT2D eigenvalue weighted by Gasteiger charge is -2.35. The lowest BCUT2D eigenvalue weighted by molar-refractivity contribution is 0.381. The van der Waals surface area contributed by atoms with Gasteiger partial charge in [-0.15, -0.1) is 0 Å². The van der Waals surface area contributed by atoms with Gasteiger partial charge >= 0.3 is 0 Å². The molecule has 2 saturated heterocycles. The van der Waals surface area contributed by atoms with Crippen LogP contribution in [0.15, 0.2) is 29.2 Å². The number of nitrogens with zero attached hydrogens (tertiary/aromatic N) is 5. The van der Waals surface area contributed by atoms with Gasteiger partial charge in [0.05, 0.1) is 0 Å². The van der Waals surface area contributed by atoms with Crippen molar-refractivity contribution in [3.8, 4) is 0 Å². The number of hydrogen-bond donors (Lipinski definition) is 0. The Morgan fingerprint density at radius 3 is 2.24 bits per heavy atom. The third kappa shape index (κ3) is 4.04. The minimum Gasteiger partial charge on any atom is -0.354 e. The normalized spacial score (nSPS) is 18.4. The van der Waals surface area contributed by atoms with Gasteiger partial charge in [0.2, 0.25) is 16.0 Å². The molecule has 7 nitrogen and oxygen atoms in total. The summed E-state index contributed by atoms with van der Waals surface area (Å²) in [5.41, 5.74) is 0.861. The molecule has 0 radical (unpaired) electrons. The topological polar surface area (TPSA) is 69.6 Å². The fourth-order valence-electron chi connectivity index (χ4n) is 3.74. The molecule has 0 bridgehead atoms. The van der Waals surface area contributed by atoms with Gasteiger partial charge in [-0.3, -0.25) is 0 Å². The van der Waals surface area contributed by atoms with E-state index < -0.39 is 26.6 Å². The van der Waals surface area contributed by atoms with Crippen molar-refractivity contribution in [2.45, 2.75) is 24.7 Å². The van der Waals surface area contributed by atoms with Crippen molar-refractivity contribution >= 4 is 21.8 Å². The Kier molecular flexibility index (Phi) is 5.39. The second kappa shape index (κ2) is 7.83. The van der Waals surface area contributed by atoms with Crippen molar-refractivity contribution < 1.29 is 17.2 Å². The Labute approximate surface area is 169 Å². The summed E-state index contributed by atoms with van der Waals surface area (Å²) in [7, 11) is -4.02. The van der Waals surface area contributed by atoms with Gasteiger partial charge in [-0.25, -0.2) is 22.2 Å². The van der Waals surface area contributed by atoms with E-state index in [-0.39, 0.29) is 13.1 Å². The molecule has 0 saturated carbocycles. The summed E-state index contributed by atoms with van der Waals surface area (Å²) in [4.78, 5) is 12.9. The van der Waals surface area contributed by atoms with E-state index in [9.17, 15) is 17.2 Å². The first-order valence-corrected chi connectivity index (χ1v) is 11.1. The highest BCUT2D eigenvalue weighted by atomic mass is 32.2. The van der Waals surface area contributed by atoms with Crippen molar-refractivity contribution in [3.05, 3.63) is 41.6 Å². The number of halogens is 2. The first kappa shape index (κ1) is 20.0. The number of rotatable bonds is 4. The minimum atomic E-state index is -4.02. The molecule has 0 unspecified atom stereocenters. The van der Waals surface area contributed by atoms with Crippen molar-refractivity contribution in [3.63, 3.8) is 0 Å². The third-order valence-electron chi connectivity index (χ3n) is 5.29. The summed E-state index contributed by atoms with van der Waals surface area (Å²) in [6.07, 6.45) is 2.26. The summed E-state index contributed by atoms with van der Waals surface area (Å²) in [6.45, 7) is 5.05. The molecule has 4 rings (SSSR count). The molecule has 10 heteroatoms. The van der Waals surface area contributed by atoms with Gasteiger partial charge in [-0.2, -0.15) is 9.29 Å². The molecule has 2 aliphatic heterocycles. The lowest BCUT2D eigenvalue weighted by atomic mass is 10.3. The lowest BCUT2D eigenvalue weighted by Crippen LogP contribution is -2.49. The highest BCUT2D eigenvalue weighted by Crippen LogP contribution is 2.25. The summed E-state index contributed by atoms with van der Waals surface area (Å²) >= 11 is 0. The standard InChI is InChI=1S/C19H23F2N5O2S/c1-14-12-18(23-19(22-14)25-6-2-3-7-25)24-8-10-26(11-9-24)29(27,28)17-5-4-15(20)13-16(17)21/h4-5,12-13H,2-3,6-11H2,1H3. The van der Waals surface area contributed by atoms with E-state index in [2.05, 4.69) is 14.9 Å². The maximum absolute atomic E-state index is 14.0. The Morgan fingerprint density at radius 1 is 0.897 bits per heavy atom. The highest BCUT2D eigenvalue weighted by Gasteiger charge is 2.31. The zero-order chi connectivity index (χ0) is 20.6. The Morgan fingerprint density at radius 2 is 1.59 bits per heavy atom.